The molecule has 35 heteroatoms. The van der Waals surface area contributed by atoms with Crippen molar-refractivity contribution in [3.8, 4) is 0 Å². The predicted molar refractivity (Wildman–Crippen MR) is 209 cm³/mol. The fourth-order valence-corrected chi connectivity index (χ4v) is 8.30. The maximum atomic E-state index is 12.6. The third-order valence-corrected chi connectivity index (χ3v) is 11.9. The van der Waals surface area contributed by atoms with E-state index >= 15 is 0 Å². The summed E-state index contributed by atoms with van der Waals surface area (Å²) in [7, 11) is -16.4. The van der Waals surface area contributed by atoms with Crippen LogP contribution in [0.3, 0.4) is 0 Å². The SMILES string of the molecule is CC(C)(COP(=O)(O)OP(=O)(O)OC[C@H]1O[C@@H](n2cnc3c(N)ncnc32)[C@H](O)[C@@H]1OP(=O)(O)O)[C@@H](O)C(=O)NCCC(=O)NCCSC(=O)CCC(=O)O.O=C(O)CC(=O)C(=O)O. The molecular weight excluding hydrogens is 955 g/mol. The van der Waals surface area contributed by atoms with Crippen molar-refractivity contribution in [2.75, 3.05) is 37.8 Å². The minimum atomic E-state index is -5.59. The smallest absolute Gasteiger partial charge is 0.481 e. The quantitative estimate of drug-likeness (QED) is 0.0214. The normalized spacial score (nSPS) is 19.9. The van der Waals surface area contributed by atoms with E-state index in [1.807, 2.05) is 0 Å². The summed E-state index contributed by atoms with van der Waals surface area (Å²) in [6.45, 7) is 0.213. The van der Waals surface area contributed by atoms with Crippen LogP contribution in [0.1, 0.15) is 45.8 Å². The Morgan fingerprint density at radius 3 is 2.14 bits per heavy atom. The van der Waals surface area contributed by atoms with Gasteiger partial charge in [0.15, 0.2) is 22.8 Å². The van der Waals surface area contributed by atoms with Crippen LogP contribution in [-0.4, -0.2) is 162 Å². The summed E-state index contributed by atoms with van der Waals surface area (Å²) in [5.74, 6) is -6.95. The van der Waals surface area contributed by atoms with Crippen molar-refractivity contribution in [1.29, 1.82) is 0 Å². The summed E-state index contributed by atoms with van der Waals surface area (Å²) in [6, 6.07) is 0. The minimum Gasteiger partial charge on any atom is -0.481 e. The van der Waals surface area contributed by atoms with Crippen LogP contribution in [-0.2, 0) is 69.9 Å². The molecule has 7 atom stereocenters. The van der Waals surface area contributed by atoms with Crippen LogP contribution in [0.4, 0.5) is 5.82 Å². The van der Waals surface area contributed by atoms with Crippen molar-refractivity contribution in [2.24, 2.45) is 5.41 Å². The van der Waals surface area contributed by atoms with Crippen LogP contribution in [0.5, 0.6) is 0 Å². The van der Waals surface area contributed by atoms with E-state index in [4.69, 9.17) is 34.8 Å². The van der Waals surface area contributed by atoms with Gasteiger partial charge in [-0.3, -0.25) is 46.9 Å². The number of carbonyl (C=O) groups excluding carboxylic acids is 4. The first kappa shape index (κ1) is 55.8. The molecule has 0 aliphatic carbocycles. The number of ether oxygens (including phenoxy) is 1. The number of nitrogens with two attached hydrogens (primary N) is 1. The van der Waals surface area contributed by atoms with Crippen molar-refractivity contribution in [3.63, 3.8) is 0 Å². The summed E-state index contributed by atoms with van der Waals surface area (Å²) in [5.41, 5.74) is 4.20. The highest BCUT2D eigenvalue weighted by Gasteiger charge is 2.50. The number of amides is 2. The van der Waals surface area contributed by atoms with Gasteiger partial charge in [0.05, 0.1) is 26.0 Å². The first-order chi connectivity index (χ1) is 29.4. The Balaban J connectivity index is 0.00000140. The lowest BCUT2D eigenvalue weighted by Gasteiger charge is -2.30. The van der Waals surface area contributed by atoms with Gasteiger partial charge in [-0.25, -0.2) is 33.4 Å². The zero-order chi connectivity index (χ0) is 48.8. The number of aliphatic carboxylic acids is 3. The van der Waals surface area contributed by atoms with Gasteiger partial charge in [0.2, 0.25) is 11.8 Å². The number of fused-ring (bicyclic) bond motifs is 1. The molecule has 3 heterocycles. The molecule has 1 aliphatic heterocycles. The number of hydrogen-bond donors (Lipinski definition) is 12. The molecule has 1 fully saturated rings. The zero-order valence-electron chi connectivity index (χ0n) is 33.2. The van der Waals surface area contributed by atoms with Crippen molar-refractivity contribution < 1.29 is 115 Å². The van der Waals surface area contributed by atoms with E-state index in [9.17, 15) is 77.0 Å². The lowest BCUT2D eigenvalue weighted by molar-refractivity contribution is -0.152. The molecule has 3 rings (SSSR count). The number of aliphatic hydroxyl groups excluding tert-OH is 2. The number of aromatic nitrogens is 4. The van der Waals surface area contributed by atoms with Crippen molar-refractivity contribution in [3.05, 3.63) is 12.7 Å². The van der Waals surface area contributed by atoms with Gasteiger partial charge >= 0.3 is 41.4 Å². The van der Waals surface area contributed by atoms with E-state index in [-0.39, 0.29) is 60.2 Å². The number of carboxylic acids is 3. The van der Waals surface area contributed by atoms with Gasteiger partial charge < -0.3 is 66.2 Å². The van der Waals surface area contributed by atoms with Crippen LogP contribution < -0.4 is 16.4 Å². The topological polar surface area (TPSA) is 493 Å². The van der Waals surface area contributed by atoms with Crippen molar-refractivity contribution in [2.45, 2.75) is 70.2 Å². The van der Waals surface area contributed by atoms with Gasteiger partial charge in [-0.05, 0) is 0 Å². The van der Waals surface area contributed by atoms with Gasteiger partial charge in [-0.1, -0.05) is 25.6 Å². The van der Waals surface area contributed by atoms with E-state index < -0.39 is 115 Å². The Morgan fingerprint density at radius 1 is 0.922 bits per heavy atom. The largest absolute Gasteiger partial charge is 0.481 e. The van der Waals surface area contributed by atoms with Crippen LogP contribution in [0.2, 0.25) is 0 Å². The highest BCUT2D eigenvalue weighted by atomic mass is 32.2. The van der Waals surface area contributed by atoms with Gasteiger partial charge in [0.25, 0.3) is 5.78 Å². The second-order valence-corrected chi connectivity index (χ2v) is 18.9. The number of phosphoric acid groups is 3. The maximum absolute atomic E-state index is 12.6. The molecule has 31 nitrogen and oxygen atoms in total. The van der Waals surface area contributed by atoms with E-state index in [0.717, 1.165) is 29.0 Å². The summed E-state index contributed by atoms with van der Waals surface area (Å²) >= 11 is 0.849. The van der Waals surface area contributed by atoms with Gasteiger partial charge in [-0.15, -0.1) is 0 Å². The lowest BCUT2D eigenvalue weighted by Crippen LogP contribution is -2.46. The van der Waals surface area contributed by atoms with Crippen molar-refractivity contribution in [1.82, 2.24) is 30.2 Å². The fourth-order valence-electron chi connectivity index (χ4n) is 4.79. The molecule has 0 saturated carbocycles. The third kappa shape index (κ3) is 19.0. The minimum absolute atomic E-state index is 0.0197. The molecule has 2 amide bonds. The van der Waals surface area contributed by atoms with Crippen molar-refractivity contribution >= 4 is 92.8 Å². The Kier molecular flexibility index (Phi) is 21.1. The predicted octanol–water partition coefficient (Wildman–Crippen LogP) is -2.36. The van der Waals surface area contributed by atoms with E-state index in [0.29, 0.717) is 0 Å². The molecule has 1 aliphatic rings. The number of aliphatic hydroxyl groups is 2. The zero-order valence-corrected chi connectivity index (χ0v) is 36.7. The second kappa shape index (κ2) is 24.2. The number of ketones is 1. The van der Waals surface area contributed by atoms with E-state index in [2.05, 4.69) is 34.4 Å². The molecule has 360 valence electrons. The summed E-state index contributed by atoms with van der Waals surface area (Å²) in [4.78, 5) is 127. The Bertz CT molecular complexity index is 2170. The Morgan fingerprint density at radius 2 is 1.56 bits per heavy atom. The van der Waals surface area contributed by atoms with E-state index in [1.54, 1.807) is 0 Å². The summed E-state index contributed by atoms with van der Waals surface area (Å²) in [6.07, 6.45) is -8.50. The average Bonchev–Trinajstić information content (AvgIpc) is 3.73. The molecule has 0 radical (unpaired) electrons. The Labute approximate surface area is 363 Å². The molecule has 2 unspecified atom stereocenters. The number of imidazole rings is 1. The van der Waals surface area contributed by atoms with Gasteiger partial charge in [-0.2, -0.15) is 4.31 Å². The third-order valence-electron chi connectivity index (χ3n) is 7.86. The molecule has 1 saturated heterocycles. The molecule has 2 aromatic rings. The number of nitrogens with zero attached hydrogens (tertiary/aromatic N) is 4. The van der Waals surface area contributed by atoms with Crippen LogP contribution in [0, 0.1) is 5.41 Å². The van der Waals surface area contributed by atoms with Crippen LogP contribution in [0.25, 0.3) is 11.2 Å². The number of carbonyl (C=O) groups is 7. The van der Waals surface area contributed by atoms with E-state index in [1.165, 1.54) is 13.8 Å². The number of thioether (sulfide) groups is 1. The highest BCUT2D eigenvalue weighted by Crippen LogP contribution is 2.61. The molecule has 0 bridgehead atoms. The number of Topliss-reactive ketones (excluding diaryl/α,β-unsaturated/α-hetero) is 1. The number of nitrogen functional groups attached to an aromatic ring is 1. The van der Waals surface area contributed by atoms with Crippen LogP contribution >= 0.6 is 35.2 Å². The molecule has 0 aromatic carbocycles. The standard InChI is InChI=1S/C25H40N7O19P3S.C4H4O5/c1-25(2,20(38)23(39)28-6-5-14(33)27-7-8-55-16(36)4-3-15(34)35)10-48-54(45,46)51-53(43,44)47-9-13-19(50-52(40,41)42)18(37)24(49-13)32-12-31-17-21(26)29-11-30-22(17)32;5-2(4(8)9)1-3(6)7/h11-13,18-20,24,37-38H,3-10H2,1-2H3,(H,27,33)(H,28,39)(H,34,35)(H,43,44)(H,45,46)(H2,26,29,30)(H2,40,41,42);1H2,(H,6,7)(H,8,9)/t13-,18-,19-,20+,24-;/m1./s1. The number of anilines is 1. The first-order valence-corrected chi connectivity index (χ1v) is 23.2. The second-order valence-electron chi connectivity index (χ2n) is 13.5. The summed E-state index contributed by atoms with van der Waals surface area (Å²) < 4.78 is 61.9. The molecule has 64 heavy (non-hydrogen) atoms. The summed E-state index contributed by atoms with van der Waals surface area (Å²) in [5, 5.41) is 50.0. The molecule has 2 aromatic heterocycles. The molecule has 0 spiro atoms. The number of carboxylic acid groups (broad SMARTS) is 3. The van der Waals surface area contributed by atoms with Gasteiger partial charge in [0.1, 0.15) is 42.7 Å². The monoisotopic (exact) mass is 999 g/mol. The Hall–Kier alpha value is -4.36. The maximum Gasteiger partial charge on any atom is 0.481 e. The number of hydrogen-bond acceptors (Lipinski definition) is 22. The average molecular weight is 1000 g/mol. The van der Waals surface area contributed by atoms with Crippen LogP contribution in [0.15, 0.2) is 12.7 Å². The number of phosphoric ester groups is 3. The highest BCUT2D eigenvalue weighted by molar-refractivity contribution is 8.13. The molecule has 13 N–H and O–H groups in total. The van der Waals surface area contributed by atoms with Gasteiger partial charge in [0, 0.05) is 37.1 Å². The lowest BCUT2D eigenvalue weighted by atomic mass is 9.87. The molecular formula is C29H44N7O24P3S. The number of nitrogens with one attached hydrogen (secondary N) is 2. The first-order valence-electron chi connectivity index (χ1n) is 17.7. The number of rotatable bonds is 25. The fraction of sp³-hybridized carbons (Fsp3) is 0.586.